The maximum atomic E-state index is 12.0. The Bertz CT molecular complexity index is 550. The van der Waals surface area contributed by atoms with Crippen molar-refractivity contribution in [1.29, 1.82) is 0 Å². The van der Waals surface area contributed by atoms with Crippen molar-refractivity contribution in [2.24, 2.45) is 0 Å². The molecular weight excluding hydrogens is 312 g/mol. The topological polar surface area (TPSA) is 83.1 Å². The number of rotatable bonds is 6. The van der Waals surface area contributed by atoms with Crippen molar-refractivity contribution >= 4 is 28.4 Å². The van der Waals surface area contributed by atoms with Crippen molar-refractivity contribution in [2.45, 2.75) is 69.9 Å². The van der Waals surface area contributed by atoms with Crippen LogP contribution in [0.5, 0.6) is 0 Å². The summed E-state index contributed by atoms with van der Waals surface area (Å²) in [4.78, 5) is 28.0. The van der Waals surface area contributed by atoms with Gasteiger partial charge < -0.3 is 10.6 Å². The third-order valence-electron chi connectivity index (χ3n) is 4.26. The molecule has 6 nitrogen and oxygen atoms in total. The molecule has 0 atom stereocenters. The molecule has 7 heteroatoms. The van der Waals surface area contributed by atoms with Gasteiger partial charge in [0.15, 0.2) is 5.13 Å². The highest BCUT2D eigenvalue weighted by Crippen LogP contribution is 2.20. The molecule has 2 fully saturated rings. The number of aromatic nitrogens is 1. The zero-order valence-electron chi connectivity index (χ0n) is 13.3. The summed E-state index contributed by atoms with van der Waals surface area (Å²) in [5, 5.41) is 11.3. The molecule has 3 rings (SSSR count). The lowest BCUT2D eigenvalue weighted by Gasteiger charge is -2.22. The van der Waals surface area contributed by atoms with Gasteiger partial charge in [-0.2, -0.15) is 0 Å². The van der Waals surface area contributed by atoms with E-state index >= 15 is 0 Å². The van der Waals surface area contributed by atoms with Gasteiger partial charge in [0.05, 0.1) is 5.69 Å². The predicted octanol–water partition coefficient (Wildman–Crippen LogP) is 2.81. The monoisotopic (exact) mass is 336 g/mol. The fourth-order valence-corrected chi connectivity index (χ4v) is 3.55. The number of hydrogen-bond donors (Lipinski definition) is 3. The van der Waals surface area contributed by atoms with Crippen LogP contribution in [0.3, 0.4) is 0 Å². The largest absolute Gasteiger partial charge is 0.353 e. The normalized spacial score (nSPS) is 18.4. The zero-order valence-corrected chi connectivity index (χ0v) is 14.1. The van der Waals surface area contributed by atoms with Crippen molar-refractivity contribution in [3.63, 3.8) is 0 Å². The Labute approximate surface area is 140 Å². The first-order valence-corrected chi connectivity index (χ1v) is 9.38. The highest BCUT2D eigenvalue weighted by molar-refractivity contribution is 7.13. The molecule has 3 N–H and O–H groups in total. The molecule has 23 heavy (non-hydrogen) atoms. The zero-order chi connectivity index (χ0) is 16.1. The number of amides is 3. The van der Waals surface area contributed by atoms with Gasteiger partial charge in [-0.1, -0.05) is 19.3 Å². The van der Waals surface area contributed by atoms with Gasteiger partial charge in [0, 0.05) is 23.9 Å². The van der Waals surface area contributed by atoms with Gasteiger partial charge in [-0.05, 0) is 32.1 Å². The highest BCUT2D eigenvalue weighted by atomic mass is 32.1. The Kier molecular flexibility index (Phi) is 5.48. The summed E-state index contributed by atoms with van der Waals surface area (Å²) < 4.78 is 0. The van der Waals surface area contributed by atoms with Crippen molar-refractivity contribution in [2.75, 3.05) is 5.32 Å². The van der Waals surface area contributed by atoms with Gasteiger partial charge in [0.2, 0.25) is 5.91 Å². The Balaban J connectivity index is 1.39. The summed E-state index contributed by atoms with van der Waals surface area (Å²) in [6.45, 7) is 0. The van der Waals surface area contributed by atoms with E-state index in [-0.39, 0.29) is 18.0 Å². The minimum Gasteiger partial charge on any atom is -0.353 e. The summed E-state index contributed by atoms with van der Waals surface area (Å²) in [6, 6.07) is 0.511. The molecule has 2 aliphatic rings. The van der Waals surface area contributed by atoms with Gasteiger partial charge >= 0.3 is 6.03 Å². The fraction of sp³-hybridized carbons (Fsp3) is 0.688. The lowest BCUT2D eigenvalue weighted by molar-refractivity contribution is -0.121. The van der Waals surface area contributed by atoms with Gasteiger partial charge in [-0.25, -0.2) is 9.78 Å². The Morgan fingerprint density at radius 1 is 1.09 bits per heavy atom. The van der Waals surface area contributed by atoms with E-state index in [1.54, 1.807) is 0 Å². The van der Waals surface area contributed by atoms with E-state index in [4.69, 9.17) is 0 Å². The molecule has 0 aromatic carbocycles. The Morgan fingerprint density at radius 3 is 2.57 bits per heavy atom. The Morgan fingerprint density at radius 2 is 1.83 bits per heavy atom. The number of thiazole rings is 1. The van der Waals surface area contributed by atoms with Crippen LogP contribution in [0, 0.1) is 0 Å². The van der Waals surface area contributed by atoms with Gasteiger partial charge in [0.1, 0.15) is 0 Å². The number of nitrogens with zero attached hydrogens (tertiary/aromatic N) is 1. The van der Waals surface area contributed by atoms with Crippen molar-refractivity contribution in [3.05, 3.63) is 11.1 Å². The minimum absolute atomic E-state index is 0.0880. The van der Waals surface area contributed by atoms with Crippen LogP contribution in [0.25, 0.3) is 0 Å². The van der Waals surface area contributed by atoms with E-state index in [0.29, 0.717) is 24.0 Å². The number of anilines is 1. The molecule has 126 valence electrons. The van der Waals surface area contributed by atoms with Gasteiger partial charge in [-0.15, -0.1) is 11.3 Å². The number of urea groups is 1. The molecule has 0 radical (unpaired) electrons. The van der Waals surface area contributed by atoms with Crippen LogP contribution in [0.15, 0.2) is 5.38 Å². The molecule has 1 heterocycles. The quantitative estimate of drug-likeness (QED) is 0.747. The second kappa shape index (κ2) is 7.77. The van der Waals surface area contributed by atoms with Gasteiger partial charge in [0.25, 0.3) is 0 Å². The van der Waals surface area contributed by atoms with Crippen LogP contribution >= 0.6 is 11.3 Å². The molecular formula is C16H24N4O2S. The number of nitrogens with one attached hydrogen (secondary N) is 3. The summed E-state index contributed by atoms with van der Waals surface area (Å²) in [5.41, 5.74) is 0.855. The lowest BCUT2D eigenvalue weighted by Crippen LogP contribution is -2.39. The molecule has 0 saturated heterocycles. The van der Waals surface area contributed by atoms with Crippen molar-refractivity contribution in [1.82, 2.24) is 15.6 Å². The first-order chi connectivity index (χ1) is 11.2. The lowest BCUT2D eigenvalue weighted by atomic mass is 9.96. The summed E-state index contributed by atoms with van der Waals surface area (Å²) in [6.07, 6.45) is 9.04. The minimum atomic E-state index is -0.177. The van der Waals surface area contributed by atoms with Crippen LogP contribution in [0.2, 0.25) is 0 Å². The molecule has 0 aliphatic heterocycles. The smallest absolute Gasteiger partial charge is 0.321 e. The van der Waals surface area contributed by atoms with Gasteiger partial charge in [-0.3, -0.25) is 10.1 Å². The third kappa shape index (κ3) is 5.49. The second-order valence-corrected chi connectivity index (χ2v) is 7.28. The Hall–Kier alpha value is -1.63. The second-order valence-electron chi connectivity index (χ2n) is 6.42. The summed E-state index contributed by atoms with van der Waals surface area (Å²) in [7, 11) is 0. The molecule has 2 aliphatic carbocycles. The van der Waals surface area contributed by atoms with E-state index in [0.717, 1.165) is 31.4 Å². The SMILES string of the molecule is O=C(CCc1csc(NC(=O)NC2CCCCC2)n1)NC1CC1. The predicted molar refractivity (Wildman–Crippen MR) is 90.6 cm³/mol. The molecule has 1 aromatic rings. The number of hydrogen-bond acceptors (Lipinski definition) is 4. The number of carbonyl (C=O) groups excluding carboxylic acids is 2. The molecule has 3 amide bonds. The van der Waals surface area contributed by atoms with E-state index < -0.39 is 0 Å². The standard InChI is InChI=1S/C16H24N4O2S/c21-14(17-12-6-7-12)9-8-13-10-23-16(19-13)20-15(22)18-11-4-2-1-3-5-11/h10-12H,1-9H2,(H,17,21)(H2,18,19,20,22). The van der Waals surface area contributed by atoms with Crippen LogP contribution in [0.1, 0.15) is 57.1 Å². The van der Waals surface area contributed by atoms with E-state index in [1.807, 2.05) is 5.38 Å². The molecule has 1 aromatic heterocycles. The van der Waals surface area contributed by atoms with E-state index in [1.165, 1.54) is 30.6 Å². The molecule has 0 spiro atoms. The fourth-order valence-electron chi connectivity index (χ4n) is 2.81. The maximum absolute atomic E-state index is 12.0. The summed E-state index contributed by atoms with van der Waals surface area (Å²) in [5.74, 6) is 0.0880. The van der Waals surface area contributed by atoms with E-state index in [9.17, 15) is 9.59 Å². The van der Waals surface area contributed by atoms with Crippen LogP contribution < -0.4 is 16.0 Å². The van der Waals surface area contributed by atoms with E-state index in [2.05, 4.69) is 20.9 Å². The molecule has 2 saturated carbocycles. The van der Waals surface area contributed by atoms with Crippen LogP contribution in [-0.2, 0) is 11.2 Å². The van der Waals surface area contributed by atoms with Crippen molar-refractivity contribution < 1.29 is 9.59 Å². The maximum Gasteiger partial charge on any atom is 0.321 e. The average Bonchev–Trinajstić information content (AvgIpc) is 3.23. The average molecular weight is 336 g/mol. The van der Waals surface area contributed by atoms with Crippen LogP contribution in [-0.4, -0.2) is 29.0 Å². The third-order valence-corrected chi connectivity index (χ3v) is 5.07. The first-order valence-electron chi connectivity index (χ1n) is 8.50. The number of aryl methyl sites for hydroxylation is 1. The molecule has 0 unspecified atom stereocenters. The van der Waals surface area contributed by atoms with Crippen LogP contribution in [0.4, 0.5) is 9.93 Å². The first kappa shape index (κ1) is 16.2. The molecule has 0 bridgehead atoms. The highest BCUT2D eigenvalue weighted by Gasteiger charge is 2.23. The summed E-state index contributed by atoms with van der Waals surface area (Å²) >= 11 is 1.40. The number of carbonyl (C=O) groups is 2. The van der Waals surface area contributed by atoms with Crippen molar-refractivity contribution in [3.8, 4) is 0 Å².